The summed E-state index contributed by atoms with van der Waals surface area (Å²) in [6, 6.07) is 0. The Morgan fingerprint density at radius 1 is 0.586 bits per heavy atom. The molecule has 0 heterocycles. The van der Waals surface area contributed by atoms with Gasteiger partial charge in [0.1, 0.15) is 12.2 Å². The zero-order valence-electron chi connectivity index (χ0n) is 18.7. The van der Waals surface area contributed by atoms with Gasteiger partial charge in [0.25, 0.3) is 0 Å². The predicted molar refractivity (Wildman–Crippen MR) is 119 cm³/mol. The van der Waals surface area contributed by atoms with Crippen LogP contribution in [0.1, 0.15) is 110 Å². The van der Waals surface area contributed by atoms with Gasteiger partial charge < -0.3 is 9.47 Å². The lowest BCUT2D eigenvalue weighted by atomic mass is 10.0. The molecule has 4 heteroatoms. The van der Waals surface area contributed by atoms with E-state index in [0.717, 1.165) is 51.4 Å². The minimum atomic E-state index is -0.191. The summed E-state index contributed by atoms with van der Waals surface area (Å²) < 4.78 is 10.9. The fourth-order valence-electron chi connectivity index (χ4n) is 3.76. The van der Waals surface area contributed by atoms with E-state index in [-0.39, 0.29) is 24.1 Å². The molecule has 0 saturated heterocycles. The van der Waals surface area contributed by atoms with Crippen molar-refractivity contribution in [3.63, 3.8) is 0 Å². The summed E-state index contributed by atoms with van der Waals surface area (Å²) in [4.78, 5) is 22.6. The first kappa shape index (κ1) is 25.5. The standard InChI is InChI=1S/C25H42O4/c1-22(26)28-24-18-14-10-6-3-4-7-11-15-19-25(29-23(2)27)21-17-13-9-5-8-12-16-20-24/h16-17,20-21,24-25H,3-15,18-19H2,1-2H3/b20-16-,21-17+. The predicted octanol–water partition coefficient (Wildman–Crippen LogP) is 6.83. The van der Waals surface area contributed by atoms with Crippen LogP contribution in [0.2, 0.25) is 0 Å². The summed E-state index contributed by atoms with van der Waals surface area (Å²) in [5.41, 5.74) is 0. The first-order chi connectivity index (χ1) is 14.1. The number of allylic oxidation sites excluding steroid dienone is 2. The van der Waals surface area contributed by atoms with Crippen LogP contribution in [-0.2, 0) is 19.1 Å². The quantitative estimate of drug-likeness (QED) is 0.372. The van der Waals surface area contributed by atoms with Gasteiger partial charge in [-0.2, -0.15) is 0 Å². The molecule has 0 aliphatic heterocycles. The largest absolute Gasteiger partial charge is 0.458 e. The van der Waals surface area contributed by atoms with Gasteiger partial charge in [0.2, 0.25) is 0 Å². The molecule has 1 aliphatic carbocycles. The van der Waals surface area contributed by atoms with E-state index < -0.39 is 0 Å². The molecular weight excluding hydrogens is 364 g/mol. The molecule has 0 saturated carbocycles. The molecule has 0 spiro atoms. The van der Waals surface area contributed by atoms with Crippen molar-refractivity contribution in [3.05, 3.63) is 24.3 Å². The molecule has 0 aromatic carbocycles. The zero-order valence-corrected chi connectivity index (χ0v) is 18.7. The molecule has 2 atom stereocenters. The van der Waals surface area contributed by atoms with Crippen molar-refractivity contribution in [1.82, 2.24) is 0 Å². The number of hydrogen-bond donors (Lipinski definition) is 0. The zero-order chi connectivity index (χ0) is 21.2. The van der Waals surface area contributed by atoms with Crippen LogP contribution in [0.5, 0.6) is 0 Å². The molecule has 0 aromatic rings. The van der Waals surface area contributed by atoms with E-state index in [1.165, 1.54) is 58.8 Å². The van der Waals surface area contributed by atoms with Crippen LogP contribution in [0.4, 0.5) is 0 Å². The summed E-state index contributed by atoms with van der Waals surface area (Å²) in [6.07, 6.45) is 25.4. The highest BCUT2D eigenvalue weighted by Crippen LogP contribution is 2.16. The van der Waals surface area contributed by atoms with Crippen molar-refractivity contribution in [1.29, 1.82) is 0 Å². The Kier molecular flexibility index (Phi) is 15.2. The van der Waals surface area contributed by atoms with Crippen LogP contribution in [0.3, 0.4) is 0 Å². The van der Waals surface area contributed by atoms with Crippen molar-refractivity contribution in [3.8, 4) is 0 Å². The second kappa shape index (κ2) is 17.3. The molecule has 0 aromatic heterocycles. The van der Waals surface area contributed by atoms with E-state index in [9.17, 15) is 9.59 Å². The third-order valence-corrected chi connectivity index (χ3v) is 5.31. The maximum atomic E-state index is 11.3. The highest BCUT2D eigenvalue weighted by atomic mass is 16.5. The molecule has 0 bridgehead atoms. The average molecular weight is 407 g/mol. The molecule has 0 fully saturated rings. The number of esters is 2. The van der Waals surface area contributed by atoms with Crippen LogP contribution in [0, 0.1) is 0 Å². The highest BCUT2D eigenvalue weighted by Gasteiger charge is 2.09. The van der Waals surface area contributed by atoms with Crippen molar-refractivity contribution in [2.45, 2.75) is 122 Å². The second-order valence-corrected chi connectivity index (χ2v) is 8.20. The maximum absolute atomic E-state index is 11.3. The fourth-order valence-corrected chi connectivity index (χ4v) is 3.76. The van der Waals surface area contributed by atoms with E-state index >= 15 is 0 Å². The van der Waals surface area contributed by atoms with Gasteiger partial charge in [-0.3, -0.25) is 9.59 Å². The smallest absolute Gasteiger partial charge is 0.303 e. The summed E-state index contributed by atoms with van der Waals surface area (Å²) in [6.45, 7) is 2.99. The first-order valence-corrected chi connectivity index (χ1v) is 11.8. The normalized spacial score (nSPS) is 26.4. The Labute approximate surface area is 178 Å². The van der Waals surface area contributed by atoms with Crippen molar-refractivity contribution < 1.29 is 19.1 Å². The molecule has 4 nitrogen and oxygen atoms in total. The highest BCUT2D eigenvalue weighted by molar-refractivity contribution is 5.66. The Morgan fingerprint density at radius 2 is 0.931 bits per heavy atom. The number of carbonyl (C=O) groups is 2. The average Bonchev–Trinajstić information content (AvgIpc) is 2.65. The maximum Gasteiger partial charge on any atom is 0.303 e. The van der Waals surface area contributed by atoms with E-state index in [0.29, 0.717) is 0 Å². The summed E-state index contributed by atoms with van der Waals surface area (Å²) in [7, 11) is 0. The molecule has 1 aliphatic rings. The lowest BCUT2D eigenvalue weighted by Crippen LogP contribution is -2.13. The first-order valence-electron chi connectivity index (χ1n) is 11.8. The topological polar surface area (TPSA) is 52.6 Å². The third kappa shape index (κ3) is 16.0. The fraction of sp³-hybridized carbons (Fsp3) is 0.760. The SMILES string of the molecule is CC(=O)OC1/C=C\CCCCC/C=C/C(OC(C)=O)CCCCCCCCCC1. The Hall–Kier alpha value is -1.58. The van der Waals surface area contributed by atoms with Crippen LogP contribution in [-0.4, -0.2) is 24.1 Å². The van der Waals surface area contributed by atoms with Crippen molar-refractivity contribution in [2.75, 3.05) is 0 Å². The molecule has 0 N–H and O–H groups in total. The lowest BCUT2D eigenvalue weighted by Gasteiger charge is -2.13. The van der Waals surface area contributed by atoms with E-state index in [1.807, 2.05) is 0 Å². The molecule has 0 amide bonds. The van der Waals surface area contributed by atoms with Crippen LogP contribution >= 0.6 is 0 Å². The molecule has 2 unspecified atom stereocenters. The van der Waals surface area contributed by atoms with Gasteiger partial charge in [-0.25, -0.2) is 0 Å². The van der Waals surface area contributed by atoms with Crippen LogP contribution in [0.15, 0.2) is 24.3 Å². The lowest BCUT2D eigenvalue weighted by molar-refractivity contribution is -0.145. The van der Waals surface area contributed by atoms with Gasteiger partial charge in [0.15, 0.2) is 0 Å². The summed E-state index contributed by atoms with van der Waals surface area (Å²) >= 11 is 0. The number of carbonyl (C=O) groups excluding carboxylic acids is 2. The molecule has 1 rings (SSSR count). The van der Waals surface area contributed by atoms with Gasteiger partial charge in [-0.05, 0) is 63.5 Å². The monoisotopic (exact) mass is 406 g/mol. The number of rotatable bonds is 2. The van der Waals surface area contributed by atoms with Gasteiger partial charge in [0.05, 0.1) is 0 Å². The van der Waals surface area contributed by atoms with Crippen molar-refractivity contribution in [2.24, 2.45) is 0 Å². The van der Waals surface area contributed by atoms with E-state index in [4.69, 9.17) is 9.47 Å². The minimum absolute atomic E-state index is 0.0669. The molecule has 166 valence electrons. The Bertz CT molecular complexity index is 451. The minimum Gasteiger partial charge on any atom is -0.458 e. The Morgan fingerprint density at radius 3 is 1.31 bits per heavy atom. The third-order valence-electron chi connectivity index (χ3n) is 5.31. The summed E-state index contributed by atoms with van der Waals surface area (Å²) in [5.74, 6) is -0.381. The van der Waals surface area contributed by atoms with Crippen molar-refractivity contribution >= 4 is 11.9 Å². The summed E-state index contributed by atoms with van der Waals surface area (Å²) in [5, 5.41) is 0. The second-order valence-electron chi connectivity index (χ2n) is 8.20. The molecule has 29 heavy (non-hydrogen) atoms. The van der Waals surface area contributed by atoms with Crippen LogP contribution < -0.4 is 0 Å². The van der Waals surface area contributed by atoms with Gasteiger partial charge in [-0.1, -0.05) is 57.1 Å². The van der Waals surface area contributed by atoms with E-state index in [1.54, 1.807) is 0 Å². The number of ether oxygens (including phenoxy) is 2. The molecule has 0 radical (unpaired) electrons. The van der Waals surface area contributed by atoms with Crippen LogP contribution in [0.25, 0.3) is 0 Å². The van der Waals surface area contributed by atoms with Gasteiger partial charge in [-0.15, -0.1) is 0 Å². The van der Waals surface area contributed by atoms with Gasteiger partial charge in [0, 0.05) is 13.8 Å². The molecular formula is C25H42O4. The van der Waals surface area contributed by atoms with Gasteiger partial charge >= 0.3 is 11.9 Å². The number of hydrogen-bond acceptors (Lipinski definition) is 4. The Balaban J connectivity index is 2.49. The van der Waals surface area contributed by atoms with E-state index in [2.05, 4.69) is 24.3 Å².